The Balaban J connectivity index is 0.000000383. The number of hydrogen-bond donors (Lipinski definition) is 3. The van der Waals surface area contributed by atoms with Gasteiger partial charge in [0.05, 0.1) is 6.04 Å². The number of amides is 1. The van der Waals surface area contributed by atoms with E-state index in [1.54, 1.807) is 12.4 Å². The number of nitrogens with one attached hydrogen (secondary N) is 1. The molecular formula is C20H21F3N6O4. The number of halogens is 3. The van der Waals surface area contributed by atoms with Crippen LogP contribution in [-0.2, 0) is 11.2 Å². The van der Waals surface area contributed by atoms with E-state index in [0.29, 0.717) is 25.3 Å². The van der Waals surface area contributed by atoms with Crippen LogP contribution in [0.5, 0.6) is 0 Å². The van der Waals surface area contributed by atoms with E-state index in [1.165, 1.54) is 4.52 Å². The summed E-state index contributed by atoms with van der Waals surface area (Å²) < 4.78 is 33.2. The zero-order valence-electron chi connectivity index (χ0n) is 17.2. The Morgan fingerprint density at radius 1 is 1.21 bits per heavy atom. The minimum Gasteiger partial charge on any atom is -0.475 e. The summed E-state index contributed by atoms with van der Waals surface area (Å²) in [6.45, 7) is 2.06. The molecule has 1 saturated heterocycles. The number of carboxylic acid groups (broad SMARTS) is 1. The molecule has 10 nitrogen and oxygen atoms in total. The van der Waals surface area contributed by atoms with Gasteiger partial charge in [-0.1, -0.05) is 30.3 Å². The summed E-state index contributed by atoms with van der Waals surface area (Å²) in [5.74, 6) is -2.44. The Kier molecular flexibility index (Phi) is 7.55. The van der Waals surface area contributed by atoms with Crippen LogP contribution in [-0.4, -0.2) is 79.0 Å². The Morgan fingerprint density at radius 3 is 2.55 bits per heavy atom. The molecule has 176 valence electrons. The van der Waals surface area contributed by atoms with Gasteiger partial charge in [0.1, 0.15) is 0 Å². The molecule has 1 aliphatic rings. The average Bonchev–Trinajstić information content (AvgIpc) is 3.23. The van der Waals surface area contributed by atoms with E-state index in [0.717, 1.165) is 17.7 Å². The molecule has 1 aromatic carbocycles. The second-order valence-electron chi connectivity index (χ2n) is 7.05. The smallest absolute Gasteiger partial charge is 0.475 e. The molecule has 1 unspecified atom stereocenters. The summed E-state index contributed by atoms with van der Waals surface area (Å²) >= 11 is 0. The van der Waals surface area contributed by atoms with Crippen molar-refractivity contribution in [1.82, 2.24) is 29.8 Å². The number of alkyl halides is 3. The average molecular weight is 466 g/mol. The van der Waals surface area contributed by atoms with E-state index in [4.69, 9.17) is 15.0 Å². The summed E-state index contributed by atoms with van der Waals surface area (Å²) in [4.78, 5) is 32.3. The van der Waals surface area contributed by atoms with E-state index >= 15 is 0 Å². The zero-order valence-corrected chi connectivity index (χ0v) is 17.2. The van der Waals surface area contributed by atoms with Gasteiger partial charge in [-0.05, 0) is 17.5 Å². The first-order valence-electron chi connectivity index (χ1n) is 9.89. The molecule has 4 rings (SSSR count). The van der Waals surface area contributed by atoms with Crippen LogP contribution < -0.4 is 5.32 Å². The Hall–Kier alpha value is -3.58. The molecule has 3 heterocycles. The van der Waals surface area contributed by atoms with Gasteiger partial charge in [0.2, 0.25) is 5.82 Å². The van der Waals surface area contributed by atoms with Gasteiger partial charge in [-0.15, -0.1) is 5.10 Å². The predicted octanol–water partition coefficient (Wildman–Crippen LogP) is 1.08. The van der Waals surface area contributed by atoms with Gasteiger partial charge in [-0.3, -0.25) is 4.79 Å². The first-order valence-corrected chi connectivity index (χ1v) is 9.89. The maximum Gasteiger partial charge on any atom is 0.490 e. The third kappa shape index (κ3) is 6.02. The number of carbonyl (C=O) groups excluding carboxylic acids is 1. The van der Waals surface area contributed by atoms with Crippen molar-refractivity contribution in [3.63, 3.8) is 0 Å². The van der Waals surface area contributed by atoms with Crippen molar-refractivity contribution in [2.45, 2.75) is 18.6 Å². The highest BCUT2D eigenvalue weighted by Crippen LogP contribution is 2.23. The summed E-state index contributed by atoms with van der Waals surface area (Å²) in [7, 11) is 0. The van der Waals surface area contributed by atoms with Gasteiger partial charge in [0.15, 0.2) is 0 Å². The third-order valence-electron chi connectivity index (χ3n) is 4.77. The number of aliphatic hydroxyl groups is 1. The summed E-state index contributed by atoms with van der Waals surface area (Å²) in [5.41, 5.74) is 1.92. The molecule has 13 heteroatoms. The fourth-order valence-electron chi connectivity index (χ4n) is 3.22. The van der Waals surface area contributed by atoms with Gasteiger partial charge in [0.25, 0.3) is 11.7 Å². The lowest BCUT2D eigenvalue weighted by molar-refractivity contribution is -0.192. The number of fused-ring (bicyclic) bond motifs is 1. The van der Waals surface area contributed by atoms with Gasteiger partial charge in [-0.25, -0.2) is 14.3 Å². The lowest BCUT2D eigenvalue weighted by Crippen LogP contribution is -2.49. The summed E-state index contributed by atoms with van der Waals surface area (Å²) in [5, 5.41) is 23.8. The molecule has 1 fully saturated rings. The Morgan fingerprint density at radius 2 is 1.91 bits per heavy atom. The van der Waals surface area contributed by atoms with E-state index in [-0.39, 0.29) is 24.4 Å². The van der Waals surface area contributed by atoms with Gasteiger partial charge in [-0.2, -0.15) is 18.2 Å². The molecule has 0 spiro atoms. The number of rotatable bonds is 4. The molecule has 3 aromatic rings. The van der Waals surface area contributed by atoms with Crippen LogP contribution in [0.2, 0.25) is 0 Å². The topological polar surface area (TPSA) is 133 Å². The second-order valence-corrected chi connectivity index (χ2v) is 7.05. The fraction of sp³-hybridized carbons (Fsp3) is 0.350. The molecule has 1 atom stereocenters. The number of piperazine rings is 1. The van der Waals surface area contributed by atoms with E-state index < -0.39 is 12.1 Å². The molecule has 2 aromatic heterocycles. The fourth-order valence-corrected chi connectivity index (χ4v) is 3.22. The minimum absolute atomic E-state index is 0.0349. The monoisotopic (exact) mass is 466 g/mol. The van der Waals surface area contributed by atoms with Crippen LogP contribution in [0.25, 0.3) is 5.78 Å². The van der Waals surface area contributed by atoms with Crippen LogP contribution in [0.15, 0.2) is 42.7 Å². The molecule has 33 heavy (non-hydrogen) atoms. The summed E-state index contributed by atoms with van der Waals surface area (Å²) in [6.07, 6.45) is -1.21. The lowest BCUT2D eigenvalue weighted by Gasteiger charge is -2.35. The van der Waals surface area contributed by atoms with Crippen molar-refractivity contribution in [1.29, 1.82) is 0 Å². The first kappa shape index (κ1) is 24.1. The van der Waals surface area contributed by atoms with E-state index in [2.05, 4.69) is 20.4 Å². The van der Waals surface area contributed by atoms with E-state index in [1.807, 2.05) is 35.2 Å². The number of aromatic nitrogens is 4. The molecule has 0 bridgehead atoms. The van der Waals surface area contributed by atoms with Gasteiger partial charge >= 0.3 is 12.1 Å². The second kappa shape index (κ2) is 10.4. The van der Waals surface area contributed by atoms with Crippen LogP contribution in [0.3, 0.4) is 0 Å². The molecule has 0 saturated carbocycles. The standard InChI is InChI=1S/C18H20N6O2.C2HF3O2/c25-9-6-13-10-20-18-21-16(22-24(18)12-13)17(26)23-8-7-19-11-15(23)14-4-2-1-3-5-14;3-2(4,5)1(6)7/h1-5,10,12,15,19,25H,6-9,11H2;(H,6,7). The zero-order chi connectivity index (χ0) is 24.0. The van der Waals surface area contributed by atoms with Crippen molar-refractivity contribution in [3.05, 3.63) is 59.7 Å². The van der Waals surface area contributed by atoms with Crippen molar-refractivity contribution < 1.29 is 33.0 Å². The van der Waals surface area contributed by atoms with Gasteiger partial charge in [0, 0.05) is 38.6 Å². The molecule has 0 aliphatic carbocycles. The molecular weight excluding hydrogens is 445 g/mol. The largest absolute Gasteiger partial charge is 0.490 e. The normalized spacial score (nSPS) is 16.2. The number of hydrogen-bond acceptors (Lipinski definition) is 7. The van der Waals surface area contributed by atoms with Crippen molar-refractivity contribution >= 4 is 17.7 Å². The molecule has 1 aliphatic heterocycles. The number of aliphatic hydroxyl groups excluding tert-OH is 1. The maximum absolute atomic E-state index is 13.1. The Bertz CT molecular complexity index is 1110. The number of carbonyl (C=O) groups is 2. The highest BCUT2D eigenvalue weighted by molar-refractivity contribution is 5.91. The predicted molar refractivity (Wildman–Crippen MR) is 108 cm³/mol. The maximum atomic E-state index is 13.1. The van der Waals surface area contributed by atoms with Crippen molar-refractivity contribution in [3.8, 4) is 0 Å². The van der Waals surface area contributed by atoms with Crippen LogP contribution in [0, 0.1) is 0 Å². The SMILES string of the molecule is O=C(O)C(F)(F)F.O=C(c1nc2ncc(CCO)cn2n1)N1CCNCC1c1ccccc1. The quantitative estimate of drug-likeness (QED) is 0.520. The van der Waals surface area contributed by atoms with Crippen molar-refractivity contribution in [2.24, 2.45) is 0 Å². The van der Waals surface area contributed by atoms with Gasteiger partial charge < -0.3 is 20.4 Å². The number of nitrogens with zero attached hydrogens (tertiary/aromatic N) is 5. The molecule has 0 radical (unpaired) electrons. The number of carboxylic acids is 1. The van der Waals surface area contributed by atoms with Crippen LogP contribution in [0.4, 0.5) is 13.2 Å². The number of aliphatic carboxylic acids is 1. The number of benzene rings is 1. The molecule has 3 N–H and O–H groups in total. The first-order chi connectivity index (χ1) is 15.7. The summed E-state index contributed by atoms with van der Waals surface area (Å²) in [6, 6.07) is 9.91. The molecule has 1 amide bonds. The lowest BCUT2D eigenvalue weighted by atomic mass is 10.0. The van der Waals surface area contributed by atoms with Crippen LogP contribution in [0.1, 0.15) is 27.8 Å². The van der Waals surface area contributed by atoms with Crippen molar-refractivity contribution in [2.75, 3.05) is 26.2 Å². The van der Waals surface area contributed by atoms with E-state index in [9.17, 15) is 18.0 Å². The Labute approximate surface area is 185 Å². The van der Waals surface area contributed by atoms with Crippen LogP contribution >= 0.6 is 0 Å². The minimum atomic E-state index is -5.08. The third-order valence-corrected chi connectivity index (χ3v) is 4.77. The highest BCUT2D eigenvalue weighted by atomic mass is 19.4. The highest BCUT2D eigenvalue weighted by Gasteiger charge is 2.38.